The van der Waals surface area contributed by atoms with E-state index in [1.807, 2.05) is 0 Å². The SMILES string of the molecule is CCNC(CCCOCCOC)C1CCCC1. The number of ether oxygens (including phenoxy) is 2. The van der Waals surface area contributed by atoms with Gasteiger partial charge in [0, 0.05) is 19.8 Å². The van der Waals surface area contributed by atoms with E-state index in [0.717, 1.165) is 32.1 Å². The Morgan fingerprint density at radius 3 is 2.59 bits per heavy atom. The third-order valence-electron chi connectivity index (χ3n) is 3.67. The summed E-state index contributed by atoms with van der Waals surface area (Å²) in [5.74, 6) is 0.911. The maximum atomic E-state index is 5.51. The first-order valence-electron chi connectivity index (χ1n) is 7.18. The minimum absolute atomic E-state index is 0.708. The van der Waals surface area contributed by atoms with E-state index < -0.39 is 0 Å². The summed E-state index contributed by atoms with van der Waals surface area (Å²) in [4.78, 5) is 0. The lowest BCUT2D eigenvalue weighted by Gasteiger charge is -2.24. The Hall–Kier alpha value is -0.120. The first kappa shape index (κ1) is 14.9. The van der Waals surface area contributed by atoms with E-state index >= 15 is 0 Å². The van der Waals surface area contributed by atoms with Gasteiger partial charge in [0.15, 0.2) is 0 Å². The van der Waals surface area contributed by atoms with Crippen LogP contribution in [0.4, 0.5) is 0 Å². The molecular weight excluding hydrogens is 214 g/mol. The Kier molecular flexibility index (Phi) is 8.67. The predicted octanol–water partition coefficient (Wildman–Crippen LogP) is 2.60. The van der Waals surface area contributed by atoms with E-state index in [0.29, 0.717) is 12.6 Å². The molecule has 17 heavy (non-hydrogen) atoms. The highest BCUT2D eigenvalue weighted by atomic mass is 16.5. The van der Waals surface area contributed by atoms with Gasteiger partial charge in [0.05, 0.1) is 13.2 Å². The fourth-order valence-corrected chi connectivity index (χ4v) is 2.78. The van der Waals surface area contributed by atoms with Crippen LogP contribution in [0.1, 0.15) is 45.4 Å². The molecule has 0 aliphatic heterocycles. The third-order valence-corrected chi connectivity index (χ3v) is 3.67. The number of hydrogen-bond donors (Lipinski definition) is 1. The zero-order valence-electron chi connectivity index (χ0n) is 11.5. The highest BCUT2D eigenvalue weighted by Crippen LogP contribution is 2.29. The Labute approximate surface area is 106 Å². The Morgan fingerprint density at radius 1 is 1.18 bits per heavy atom. The van der Waals surface area contributed by atoms with Crippen molar-refractivity contribution in [1.82, 2.24) is 5.32 Å². The first-order chi connectivity index (χ1) is 8.38. The van der Waals surface area contributed by atoms with E-state index in [1.165, 1.54) is 32.1 Å². The predicted molar refractivity (Wildman–Crippen MR) is 71.4 cm³/mol. The number of nitrogens with one attached hydrogen (secondary N) is 1. The van der Waals surface area contributed by atoms with Gasteiger partial charge >= 0.3 is 0 Å². The van der Waals surface area contributed by atoms with Crippen molar-refractivity contribution >= 4 is 0 Å². The molecule has 0 saturated heterocycles. The van der Waals surface area contributed by atoms with Crippen LogP contribution in [0, 0.1) is 5.92 Å². The number of rotatable bonds is 10. The van der Waals surface area contributed by atoms with Gasteiger partial charge < -0.3 is 14.8 Å². The number of methoxy groups -OCH3 is 1. The zero-order chi connectivity index (χ0) is 12.3. The van der Waals surface area contributed by atoms with Gasteiger partial charge in [0.25, 0.3) is 0 Å². The largest absolute Gasteiger partial charge is 0.382 e. The summed E-state index contributed by atoms with van der Waals surface area (Å²) >= 11 is 0. The summed E-state index contributed by atoms with van der Waals surface area (Å²) < 4.78 is 10.5. The number of hydrogen-bond acceptors (Lipinski definition) is 3. The highest BCUT2D eigenvalue weighted by molar-refractivity contribution is 4.80. The minimum Gasteiger partial charge on any atom is -0.382 e. The molecule has 1 saturated carbocycles. The van der Waals surface area contributed by atoms with Crippen LogP contribution in [0.2, 0.25) is 0 Å². The molecule has 1 fully saturated rings. The molecule has 1 N–H and O–H groups in total. The van der Waals surface area contributed by atoms with Crippen LogP contribution < -0.4 is 5.32 Å². The fraction of sp³-hybridized carbons (Fsp3) is 1.00. The summed E-state index contributed by atoms with van der Waals surface area (Å²) in [7, 11) is 1.71. The second-order valence-electron chi connectivity index (χ2n) is 4.96. The monoisotopic (exact) mass is 243 g/mol. The molecule has 3 heteroatoms. The van der Waals surface area contributed by atoms with Crippen LogP contribution in [-0.2, 0) is 9.47 Å². The standard InChI is InChI=1S/C14H29NO2/c1-3-15-14(13-7-4-5-8-13)9-6-10-17-12-11-16-2/h13-15H,3-12H2,1-2H3. The summed E-state index contributed by atoms with van der Waals surface area (Å²) in [5.41, 5.74) is 0. The molecule has 0 spiro atoms. The fourth-order valence-electron chi connectivity index (χ4n) is 2.78. The highest BCUT2D eigenvalue weighted by Gasteiger charge is 2.23. The van der Waals surface area contributed by atoms with Gasteiger partial charge in [-0.2, -0.15) is 0 Å². The van der Waals surface area contributed by atoms with Gasteiger partial charge in [-0.3, -0.25) is 0 Å². The van der Waals surface area contributed by atoms with E-state index in [9.17, 15) is 0 Å². The Balaban J connectivity index is 2.07. The van der Waals surface area contributed by atoms with Crippen molar-refractivity contribution in [2.45, 2.75) is 51.5 Å². The van der Waals surface area contributed by atoms with Gasteiger partial charge in [0.2, 0.25) is 0 Å². The lowest BCUT2D eigenvalue weighted by Crippen LogP contribution is -2.35. The summed E-state index contributed by atoms with van der Waals surface area (Å²) in [6.45, 7) is 5.60. The second kappa shape index (κ2) is 9.86. The Morgan fingerprint density at radius 2 is 1.94 bits per heavy atom. The molecule has 1 rings (SSSR count). The molecule has 3 nitrogen and oxygen atoms in total. The van der Waals surface area contributed by atoms with Gasteiger partial charge in [-0.25, -0.2) is 0 Å². The maximum absolute atomic E-state index is 5.51. The first-order valence-corrected chi connectivity index (χ1v) is 7.18. The molecule has 102 valence electrons. The van der Waals surface area contributed by atoms with E-state index in [2.05, 4.69) is 12.2 Å². The molecule has 0 aromatic heterocycles. The normalized spacial score (nSPS) is 18.7. The molecule has 0 radical (unpaired) electrons. The van der Waals surface area contributed by atoms with Crippen molar-refractivity contribution < 1.29 is 9.47 Å². The zero-order valence-corrected chi connectivity index (χ0v) is 11.5. The topological polar surface area (TPSA) is 30.5 Å². The Bertz CT molecular complexity index is 170. The van der Waals surface area contributed by atoms with E-state index in [1.54, 1.807) is 7.11 Å². The molecule has 0 heterocycles. The van der Waals surface area contributed by atoms with Crippen molar-refractivity contribution in [2.24, 2.45) is 5.92 Å². The molecule has 0 aromatic carbocycles. The van der Waals surface area contributed by atoms with Crippen molar-refractivity contribution in [3.05, 3.63) is 0 Å². The summed E-state index contributed by atoms with van der Waals surface area (Å²) in [6, 6.07) is 0.716. The van der Waals surface area contributed by atoms with Crippen LogP contribution in [0.3, 0.4) is 0 Å². The van der Waals surface area contributed by atoms with Gasteiger partial charge in [-0.05, 0) is 38.1 Å². The maximum Gasteiger partial charge on any atom is 0.0700 e. The van der Waals surface area contributed by atoms with Crippen LogP contribution in [0.25, 0.3) is 0 Å². The summed E-state index contributed by atoms with van der Waals surface area (Å²) in [6.07, 6.45) is 8.11. The minimum atomic E-state index is 0.708. The lowest BCUT2D eigenvalue weighted by atomic mass is 9.94. The van der Waals surface area contributed by atoms with Gasteiger partial charge in [-0.15, -0.1) is 0 Å². The quantitative estimate of drug-likeness (QED) is 0.598. The van der Waals surface area contributed by atoms with Crippen molar-refractivity contribution in [3.63, 3.8) is 0 Å². The average molecular weight is 243 g/mol. The molecule has 0 bridgehead atoms. The third kappa shape index (κ3) is 6.39. The molecule has 0 aromatic rings. The molecular formula is C14H29NO2. The van der Waals surface area contributed by atoms with Crippen LogP contribution in [-0.4, -0.2) is 39.5 Å². The molecule has 1 atom stereocenters. The van der Waals surface area contributed by atoms with Crippen molar-refractivity contribution in [3.8, 4) is 0 Å². The van der Waals surface area contributed by atoms with E-state index in [4.69, 9.17) is 9.47 Å². The molecule has 0 amide bonds. The average Bonchev–Trinajstić information content (AvgIpc) is 2.86. The van der Waals surface area contributed by atoms with E-state index in [-0.39, 0.29) is 0 Å². The molecule has 1 unspecified atom stereocenters. The van der Waals surface area contributed by atoms with Crippen molar-refractivity contribution in [2.75, 3.05) is 33.5 Å². The summed E-state index contributed by atoms with van der Waals surface area (Å²) in [5, 5.41) is 3.65. The lowest BCUT2D eigenvalue weighted by molar-refractivity contribution is 0.0670. The van der Waals surface area contributed by atoms with Crippen LogP contribution in [0.5, 0.6) is 0 Å². The van der Waals surface area contributed by atoms with Gasteiger partial charge in [-0.1, -0.05) is 19.8 Å². The molecule has 1 aliphatic carbocycles. The van der Waals surface area contributed by atoms with Crippen molar-refractivity contribution in [1.29, 1.82) is 0 Å². The second-order valence-corrected chi connectivity index (χ2v) is 4.96. The van der Waals surface area contributed by atoms with Gasteiger partial charge in [0.1, 0.15) is 0 Å². The van der Waals surface area contributed by atoms with Crippen LogP contribution >= 0.6 is 0 Å². The van der Waals surface area contributed by atoms with Crippen LogP contribution in [0.15, 0.2) is 0 Å². The smallest absolute Gasteiger partial charge is 0.0700 e. The molecule has 1 aliphatic rings.